The van der Waals surface area contributed by atoms with Crippen LogP contribution in [0.25, 0.3) is 0 Å². The largest absolute Gasteiger partial charge is 0.491 e. The Bertz CT molecular complexity index is 372. The van der Waals surface area contributed by atoms with Crippen LogP contribution in [0.5, 0.6) is 28.7 Å². The van der Waals surface area contributed by atoms with Crippen LogP contribution in [0.4, 0.5) is 0 Å². The van der Waals surface area contributed by atoms with E-state index in [9.17, 15) is 0 Å². The summed E-state index contributed by atoms with van der Waals surface area (Å²) in [5.41, 5.74) is 0. The summed E-state index contributed by atoms with van der Waals surface area (Å²) in [6.07, 6.45) is 0. The van der Waals surface area contributed by atoms with Crippen molar-refractivity contribution in [3.8, 4) is 28.7 Å². The Morgan fingerprint density at radius 1 is 0.529 bits per heavy atom. The molecule has 0 saturated carbocycles. The Hall–Kier alpha value is -1.30. The van der Waals surface area contributed by atoms with Gasteiger partial charge in [0.2, 0.25) is 17.2 Å². The minimum atomic E-state index is 0.423. The quantitative estimate of drug-likeness (QED) is 0.836. The molecule has 0 aliphatic rings. The van der Waals surface area contributed by atoms with Crippen LogP contribution in [0, 0.1) is 0 Å². The Labute approximate surface area is 109 Å². The van der Waals surface area contributed by atoms with Crippen molar-refractivity contribution in [1.82, 2.24) is 0 Å². The van der Waals surface area contributed by atoms with Gasteiger partial charge < -0.3 is 23.7 Å². The van der Waals surface area contributed by atoms with Crippen molar-refractivity contribution in [2.45, 2.75) is 0 Å². The molecule has 0 aliphatic heterocycles. The van der Waals surface area contributed by atoms with Crippen LogP contribution in [0.1, 0.15) is 0 Å². The van der Waals surface area contributed by atoms with E-state index in [1.807, 2.05) is 0 Å². The molecule has 0 fully saturated rings. The van der Waals surface area contributed by atoms with E-state index in [0.717, 1.165) is 0 Å². The van der Waals surface area contributed by atoms with E-state index < -0.39 is 0 Å². The van der Waals surface area contributed by atoms with Crippen molar-refractivity contribution in [2.75, 3.05) is 35.5 Å². The molecule has 0 radical (unpaired) electrons. The molecule has 6 heteroatoms. The molecule has 0 amide bonds. The maximum atomic E-state index is 5.27. The van der Waals surface area contributed by atoms with Gasteiger partial charge in [0.05, 0.1) is 35.5 Å². The molecule has 0 atom stereocenters. The second kappa shape index (κ2) is 5.86. The van der Waals surface area contributed by atoms with Gasteiger partial charge in [0.1, 0.15) is 4.47 Å². The van der Waals surface area contributed by atoms with Crippen LogP contribution < -0.4 is 23.7 Å². The van der Waals surface area contributed by atoms with Gasteiger partial charge in [-0.2, -0.15) is 0 Å². The summed E-state index contributed by atoms with van der Waals surface area (Å²) >= 11 is 3.38. The molecule has 5 nitrogen and oxygen atoms in total. The van der Waals surface area contributed by atoms with Crippen molar-refractivity contribution >= 4 is 15.9 Å². The van der Waals surface area contributed by atoms with E-state index in [-0.39, 0.29) is 0 Å². The van der Waals surface area contributed by atoms with Crippen LogP contribution in [-0.4, -0.2) is 35.5 Å². The van der Waals surface area contributed by atoms with Gasteiger partial charge in [-0.15, -0.1) is 0 Å². The molecule has 17 heavy (non-hydrogen) atoms. The highest BCUT2D eigenvalue weighted by atomic mass is 79.9. The van der Waals surface area contributed by atoms with Gasteiger partial charge in [0.25, 0.3) is 0 Å². The van der Waals surface area contributed by atoms with Gasteiger partial charge in [-0.1, -0.05) is 0 Å². The normalized spacial score (nSPS) is 9.76. The fourth-order valence-corrected chi connectivity index (χ4v) is 2.22. The Kier molecular flexibility index (Phi) is 4.74. The zero-order valence-corrected chi connectivity index (χ0v) is 12.0. The molecule has 1 aromatic rings. The molecular formula is C11H15BrO5. The first kappa shape index (κ1) is 13.8. The first-order valence-corrected chi connectivity index (χ1v) is 5.54. The van der Waals surface area contributed by atoms with Gasteiger partial charge in [-0.25, -0.2) is 0 Å². The van der Waals surface area contributed by atoms with Gasteiger partial charge in [0.15, 0.2) is 11.5 Å². The predicted octanol–water partition coefficient (Wildman–Crippen LogP) is 2.49. The average Bonchev–Trinajstić information content (AvgIpc) is 2.36. The highest BCUT2D eigenvalue weighted by Crippen LogP contribution is 2.55. The molecule has 96 valence electrons. The number of benzene rings is 1. The van der Waals surface area contributed by atoms with Crippen molar-refractivity contribution in [2.24, 2.45) is 0 Å². The highest BCUT2D eigenvalue weighted by molar-refractivity contribution is 9.10. The summed E-state index contributed by atoms with van der Waals surface area (Å²) in [6, 6.07) is 0. The maximum Gasteiger partial charge on any atom is 0.211 e. The number of methoxy groups -OCH3 is 5. The predicted molar refractivity (Wildman–Crippen MR) is 66.9 cm³/mol. The smallest absolute Gasteiger partial charge is 0.211 e. The molecule has 0 spiro atoms. The van der Waals surface area contributed by atoms with E-state index in [4.69, 9.17) is 23.7 Å². The summed E-state index contributed by atoms with van der Waals surface area (Å²) in [5.74, 6) is 2.29. The minimum Gasteiger partial charge on any atom is -0.491 e. The number of hydrogen-bond acceptors (Lipinski definition) is 5. The lowest BCUT2D eigenvalue weighted by Crippen LogP contribution is -2.01. The molecular weight excluding hydrogens is 292 g/mol. The van der Waals surface area contributed by atoms with Crippen LogP contribution in [-0.2, 0) is 0 Å². The molecule has 1 rings (SSSR count). The lowest BCUT2D eigenvalue weighted by Gasteiger charge is -2.19. The fourth-order valence-electron chi connectivity index (χ4n) is 1.53. The van der Waals surface area contributed by atoms with Crippen molar-refractivity contribution in [3.63, 3.8) is 0 Å². The van der Waals surface area contributed by atoms with Crippen LogP contribution >= 0.6 is 15.9 Å². The van der Waals surface area contributed by atoms with Crippen molar-refractivity contribution < 1.29 is 23.7 Å². The first-order chi connectivity index (χ1) is 8.15. The number of hydrogen-bond donors (Lipinski definition) is 0. The molecule has 0 saturated heterocycles. The third-order valence-corrected chi connectivity index (χ3v) is 2.96. The fraction of sp³-hybridized carbons (Fsp3) is 0.455. The van der Waals surface area contributed by atoms with E-state index in [1.54, 1.807) is 0 Å². The second-order valence-corrected chi connectivity index (χ2v) is 3.77. The van der Waals surface area contributed by atoms with Gasteiger partial charge in [-0.05, 0) is 15.9 Å². The molecule has 0 bridgehead atoms. The molecule has 0 unspecified atom stereocenters. The lowest BCUT2D eigenvalue weighted by molar-refractivity contribution is 0.288. The second-order valence-electron chi connectivity index (χ2n) is 2.98. The van der Waals surface area contributed by atoms with E-state index in [1.165, 1.54) is 35.5 Å². The Morgan fingerprint density at radius 3 is 1.00 bits per heavy atom. The Morgan fingerprint density at radius 2 is 0.765 bits per heavy atom. The third kappa shape index (κ3) is 2.22. The van der Waals surface area contributed by atoms with Crippen molar-refractivity contribution in [3.05, 3.63) is 4.47 Å². The number of rotatable bonds is 5. The van der Waals surface area contributed by atoms with Gasteiger partial charge in [0, 0.05) is 0 Å². The molecule has 1 aromatic carbocycles. The molecule has 0 N–H and O–H groups in total. The summed E-state index contributed by atoms with van der Waals surface area (Å²) in [7, 11) is 7.65. The summed E-state index contributed by atoms with van der Waals surface area (Å²) in [5, 5.41) is 0. The number of ether oxygens (including phenoxy) is 5. The standard InChI is InChI=1S/C11H15BrO5/c1-13-7-6(12)8(14-2)10(16-4)11(17-5)9(7)15-3/h1-5H3. The first-order valence-electron chi connectivity index (χ1n) is 4.75. The van der Waals surface area contributed by atoms with Gasteiger partial charge in [-0.3, -0.25) is 0 Å². The van der Waals surface area contributed by atoms with Crippen molar-refractivity contribution in [1.29, 1.82) is 0 Å². The molecule has 0 aliphatic carbocycles. The summed E-state index contributed by atoms with van der Waals surface area (Å²) < 4.78 is 26.9. The summed E-state index contributed by atoms with van der Waals surface area (Å²) in [6.45, 7) is 0. The zero-order valence-electron chi connectivity index (χ0n) is 10.4. The monoisotopic (exact) mass is 306 g/mol. The zero-order chi connectivity index (χ0) is 13.0. The number of halogens is 1. The summed E-state index contributed by atoms with van der Waals surface area (Å²) in [4.78, 5) is 0. The van der Waals surface area contributed by atoms with Crippen LogP contribution in [0.3, 0.4) is 0 Å². The van der Waals surface area contributed by atoms with Crippen LogP contribution in [0.15, 0.2) is 4.47 Å². The van der Waals surface area contributed by atoms with Gasteiger partial charge >= 0.3 is 0 Å². The molecule has 0 heterocycles. The van der Waals surface area contributed by atoms with E-state index >= 15 is 0 Å². The van der Waals surface area contributed by atoms with E-state index in [2.05, 4.69) is 15.9 Å². The third-order valence-electron chi connectivity index (χ3n) is 2.24. The lowest BCUT2D eigenvalue weighted by atomic mass is 10.2. The topological polar surface area (TPSA) is 46.2 Å². The van der Waals surface area contributed by atoms with E-state index in [0.29, 0.717) is 33.2 Å². The maximum absolute atomic E-state index is 5.27. The van der Waals surface area contributed by atoms with Crippen LogP contribution in [0.2, 0.25) is 0 Å². The minimum absolute atomic E-state index is 0.423. The Balaban J connectivity index is 3.66. The average molecular weight is 307 g/mol. The molecule has 0 aromatic heterocycles. The SMILES string of the molecule is COc1c(Br)c(OC)c(OC)c(OC)c1OC. The highest BCUT2D eigenvalue weighted by Gasteiger charge is 2.26.